The lowest BCUT2D eigenvalue weighted by Gasteiger charge is -2.19. The maximum absolute atomic E-state index is 12.4. The topological polar surface area (TPSA) is 76.7 Å². The van der Waals surface area contributed by atoms with Crippen molar-refractivity contribution in [3.63, 3.8) is 0 Å². The molecule has 0 bridgehead atoms. The van der Waals surface area contributed by atoms with Gasteiger partial charge in [-0.05, 0) is 42.0 Å². The van der Waals surface area contributed by atoms with E-state index in [0.29, 0.717) is 36.1 Å². The largest absolute Gasteiger partial charge is 0.486 e. The highest BCUT2D eigenvalue weighted by molar-refractivity contribution is 8.00. The summed E-state index contributed by atoms with van der Waals surface area (Å²) in [5, 5.41) is 5.71. The molecule has 0 saturated carbocycles. The fourth-order valence-electron chi connectivity index (χ4n) is 3.05. The number of carbonyl (C=O) groups excluding carboxylic acids is 2. The monoisotopic (exact) mass is 446 g/mol. The van der Waals surface area contributed by atoms with Gasteiger partial charge in [0.15, 0.2) is 11.5 Å². The van der Waals surface area contributed by atoms with Gasteiger partial charge in [-0.25, -0.2) is 0 Å². The minimum Gasteiger partial charge on any atom is -0.486 e. The molecule has 0 unspecified atom stereocenters. The molecule has 1 heterocycles. The molecule has 162 valence electrons. The molecule has 0 radical (unpaired) electrons. The van der Waals surface area contributed by atoms with Crippen LogP contribution >= 0.6 is 11.8 Å². The second kappa shape index (κ2) is 10.5. The van der Waals surface area contributed by atoms with E-state index in [1.807, 2.05) is 54.6 Å². The van der Waals surface area contributed by atoms with Crippen molar-refractivity contribution in [2.24, 2.45) is 0 Å². The smallest absolute Gasteiger partial charge is 0.248 e. The summed E-state index contributed by atoms with van der Waals surface area (Å²) in [7, 11) is 0. The van der Waals surface area contributed by atoms with Gasteiger partial charge in [-0.2, -0.15) is 0 Å². The van der Waals surface area contributed by atoms with Gasteiger partial charge in [0.25, 0.3) is 0 Å². The van der Waals surface area contributed by atoms with Crippen molar-refractivity contribution in [1.82, 2.24) is 0 Å². The Bertz CT molecular complexity index is 1130. The van der Waals surface area contributed by atoms with Gasteiger partial charge >= 0.3 is 0 Å². The quantitative estimate of drug-likeness (QED) is 0.401. The zero-order valence-corrected chi connectivity index (χ0v) is 18.1. The van der Waals surface area contributed by atoms with Crippen molar-refractivity contribution in [2.45, 2.75) is 4.90 Å². The number of hydrogen-bond acceptors (Lipinski definition) is 5. The summed E-state index contributed by atoms with van der Waals surface area (Å²) in [5.41, 5.74) is 2.28. The first-order chi connectivity index (χ1) is 15.7. The van der Waals surface area contributed by atoms with Crippen molar-refractivity contribution < 1.29 is 19.1 Å². The molecule has 32 heavy (non-hydrogen) atoms. The number of benzene rings is 3. The first-order valence-electron chi connectivity index (χ1n) is 10.1. The average Bonchev–Trinajstić information content (AvgIpc) is 2.82. The average molecular weight is 447 g/mol. The maximum atomic E-state index is 12.4. The molecule has 0 fully saturated rings. The Morgan fingerprint density at radius 2 is 1.62 bits per heavy atom. The van der Waals surface area contributed by atoms with E-state index < -0.39 is 0 Å². The van der Waals surface area contributed by atoms with Gasteiger partial charge in [0.1, 0.15) is 13.2 Å². The molecule has 3 aromatic carbocycles. The first kappa shape index (κ1) is 21.5. The number of hydrogen-bond donors (Lipinski definition) is 2. The van der Waals surface area contributed by atoms with Crippen molar-refractivity contribution in [2.75, 3.05) is 29.6 Å². The van der Waals surface area contributed by atoms with Crippen molar-refractivity contribution in [1.29, 1.82) is 0 Å². The van der Waals surface area contributed by atoms with Crippen LogP contribution in [0.4, 0.5) is 11.4 Å². The fraction of sp³-hybridized carbons (Fsp3) is 0.120. The lowest BCUT2D eigenvalue weighted by Crippen LogP contribution is -2.17. The van der Waals surface area contributed by atoms with Gasteiger partial charge in [0, 0.05) is 28.4 Å². The highest BCUT2D eigenvalue weighted by atomic mass is 32.2. The van der Waals surface area contributed by atoms with Crippen LogP contribution in [0.2, 0.25) is 0 Å². The molecule has 3 aromatic rings. The summed E-state index contributed by atoms with van der Waals surface area (Å²) in [6, 6.07) is 22.4. The first-order valence-corrected chi connectivity index (χ1v) is 11.1. The Labute approximate surface area is 190 Å². The summed E-state index contributed by atoms with van der Waals surface area (Å²) < 4.78 is 11.0. The summed E-state index contributed by atoms with van der Waals surface area (Å²) in [6.07, 6.45) is 3.26. The van der Waals surface area contributed by atoms with E-state index in [0.717, 1.165) is 10.5 Å². The SMILES string of the molecule is O=C(/C=C/c1ccccc1)Nc1cccc(SCC(=O)Nc2ccc3c(c2)OCCO3)c1. The molecular formula is C25H22N2O4S. The van der Waals surface area contributed by atoms with Crippen LogP contribution in [0.15, 0.2) is 83.8 Å². The number of amides is 2. The van der Waals surface area contributed by atoms with Gasteiger partial charge in [-0.1, -0.05) is 36.4 Å². The van der Waals surface area contributed by atoms with Crippen LogP contribution in [-0.4, -0.2) is 30.8 Å². The zero-order chi connectivity index (χ0) is 22.2. The predicted molar refractivity (Wildman–Crippen MR) is 127 cm³/mol. The molecule has 2 N–H and O–H groups in total. The van der Waals surface area contributed by atoms with Gasteiger partial charge in [0.05, 0.1) is 5.75 Å². The molecule has 0 aliphatic carbocycles. The standard InChI is InChI=1S/C25H22N2O4S/c28-24(12-9-18-5-2-1-3-6-18)26-19-7-4-8-21(15-19)32-17-25(29)27-20-10-11-22-23(16-20)31-14-13-30-22/h1-12,15-16H,13-14,17H2,(H,26,28)(H,27,29)/b12-9+. The molecule has 0 spiro atoms. The van der Waals surface area contributed by atoms with Gasteiger partial charge in [0.2, 0.25) is 11.8 Å². The maximum Gasteiger partial charge on any atom is 0.248 e. The Hall–Kier alpha value is -3.71. The number of anilines is 2. The molecule has 1 aliphatic heterocycles. The third kappa shape index (κ3) is 6.15. The molecule has 2 amide bonds. The molecule has 7 heteroatoms. The number of fused-ring (bicyclic) bond motifs is 1. The third-order valence-electron chi connectivity index (χ3n) is 4.52. The molecule has 0 aromatic heterocycles. The van der Waals surface area contributed by atoms with Crippen LogP contribution < -0.4 is 20.1 Å². The van der Waals surface area contributed by atoms with Gasteiger partial charge in [-0.15, -0.1) is 11.8 Å². The van der Waals surface area contributed by atoms with Crippen LogP contribution in [0.25, 0.3) is 6.08 Å². The van der Waals surface area contributed by atoms with Crippen LogP contribution in [0.1, 0.15) is 5.56 Å². The van der Waals surface area contributed by atoms with E-state index in [1.165, 1.54) is 17.8 Å². The van der Waals surface area contributed by atoms with Crippen LogP contribution in [0, 0.1) is 0 Å². The van der Waals surface area contributed by atoms with Crippen LogP contribution in [0.3, 0.4) is 0 Å². The van der Waals surface area contributed by atoms with E-state index in [1.54, 1.807) is 24.3 Å². The zero-order valence-electron chi connectivity index (χ0n) is 17.2. The number of nitrogens with one attached hydrogen (secondary N) is 2. The summed E-state index contributed by atoms with van der Waals surface area (Å²) in [4.78, 5) is 25.4. The molecule has 6 nitrogen and oxygen atoms in total. The van der Waals surface area contributed by atoms with E-state index in [9.17, 15) is 9.59 Å². The van der Waals surface area contributed by atoms with Crippen molar-refractivity contribution >= 4 is 41.0 Å². The van der Waals surface area contributed by atoms with E-state index in [2.05, 4.69) is 10.6 Å². The molecule has 0 atom stereocenters. The minimum atomic E-state index is -0.215. The van der Waals surface area contributed by atoms with Gasteiger partial charge in [-0.3, -0.25) is 9.59 Å². The summed E-state index contributed by atoms with van der Waals surface area (Å²) >= 11 is 1.39. The van der Waals surface area contributed by atoms with E-state index in [-0.39, 0.29) is 17.6 Å². The van der Waals surface area contributed by atoms with Crippen LogP contribution in [0.5, 0.6) is 11.5 Å². The molecule has 1 aliphatic rings. The Kier molecular flexibility index (Phi) is 7.09. The summed E-state index contributed by atoms with van der Waals surface area (Å²) in [6.45, 7) is 1.02. The Morgan fingerprint density at radius 3 is 2.47 bits per heavy atom. The van der Waals surface area contributed by atoms with Gasteiger partial charge < -0.3 is 20.1 Å². The highest BCUT2D eigenvalue weighted by Crippen LogP contribution is 2.32. The minimum absolute atomic E-state index is 0.132. The molecule has 4 rings (SSSR count). The predicted octanol–water partition coefficient (Wildman–Crippen LogP) is 4.84. The highest BCUT2D eigenvalue weighted by Gasteiger charge is 2.13. The Morgan fingerprint density at radius 1 is 0.844 bits per heavy atom. The third-order valence-corrected chi connectivity index (χ3v) is 5.52. The Balaban J connectivity index is 1.28. The second-order valence-corrected chi connectivity index (χ2v) is 8.01. The number of rotatable bonds is 7. The number of thioether (sulfide) groups is 1. The lowest BCUT2D eigenvalue weighted by atomic mass is 10.2. The van der Waals surface area contributed by atoms with Crippen molar-refractivity contribution in [3.05, 3.63) is 84.4 Å². The van der Waals surface area contributed by atoms with E-state index in [4.69, 9.17) is 9.47 Å². The number of ether oxygens (including phenoxy) is 2. The van der Waals surface area contributed by atoms with Crippen LogP contribution in [-0.2, 0) is 9.59 Å². The second-order valence-electron chi connectivity index (χ2n) is 6.96. The fourth-order valence-corrected chi connectivity index (χ4v) is 3.81. The molecule has 0 saturated heterocycles. The van der Waals surface area contributed by atoms with Crippen molar-refractivity contribution in [3.8, 4) is 11.5 Å². The summed E-state index contributed by atoms with van der Waals surface area (Å²) in [5.74, 6) is 1.20. The lowest BCUT2D eigenvalue weighted by molar-refractivity contribution is -0.114. The number of carbonyl (C=O) groups is 2. The molecular weight excluding hydrogens is 424 g/mol. The van der Waals surface area contributed by atoms with E-state index >= 15 is 0 Å². The normalized spacial score (nSPS) is 12.4.